The van der Waals surface area contributed by atoms with Gasteiger partial charge in [-0.1, -0.05) is 82.7 Å². The van der Waals surface area contributed by atoms with Gasteiger partial charge in [-0.3, -0.25) is 4.79 Å². The first-order valence-electron chi connectivity index (χ1n) is 11.6. The second-order valence-electron chi connectivity index (χ2n) is 9.59. The monoisotopic (exact) mass is 420 g/mol. The van der Waals surface area contributed by atoms with Gasteiger partial charge in [-0.25, -0.2) is 4.89 Å². The molecule has 5 heteroatoms. The molecule has 4 unspecified atom stereocenters. The normalized spacial score (nSPS) is 27.7. The van der Waals surface area contributed by atoms with Gasteiger partial charge in [-0.2, -0.15) is 4.89 Å². The van der Waals surface area contributed by atoms with Crippen molar-refractivity contribution >= 4 is 5.97 Å². The number of hydrogen-bond donors (Lipinski definition) is 2. The predicted molar refractivity (Wildman–Crippen MR) is 118 cm³/mol. The van der Waals surface area contributed by atoms with Crippen LogP contribution in [0.1, 0.15) is 90.5 Å². The van der Waals surface area contributed by atoms with Gasteiger partial charge in [0.2, 0.25) is 5.79 Å². The van der Waals surface area contributed by atoms with Crippen LogP contribution in [-0.2, 0) is 21.0 Å². The van der Waals surface area contributed by atoms with E-state index in [0.29, 0.717) is 12.3 Å². The molecule has 4 atom stereocenters. The number of carbonyl (C=O) groups is 1. The van der Waals surface area contributed by atoms with Gasteiger partial charge in [0.25, 0.3) is 0 Å². The summed E-state index contributed by atoms with van der Waals surface area (Å²) in [6, 6.07) is 10.7. The zero-order valence-electron chi connectivity index (χ0n) is 18.9. The first-order valence-corrected chi connectivity index (χ1v) is 11.6. The third-order valence-corrected chi connectivity index (χ3v) is 6.34. The number of rotatable bonds is 13. The molecule has 1 aliphatic rings. The molecule has 2 N–H and O–H groups in total. The van der Waals surface area contributed by atoms with Crippen LogP contribution in [-0.4, -0.2) is 27.6 Å². The van der Waals surface area contributed by atoms with Gasteiger partial charge in [-0.15, -0.1) is 0 Å². The molecule has 1 aromatic rings. The minimum atomic E-state index is -1.74. The lowest BCUT2D eigenvalue weighted by Gasteiger charge is -2.45. The molecule has 0 spiro atoms. The van der Waals surface area contributed by atoms with Crippen LogP contribution in [0.15, 0.2) is 30.3 Å². The Labute approximate surface area is 181 Å². The molecule has 0 radical (unpaired) electrons. The number of unbranched alkanes of at least 4 members (excludes halogenated alkanes) is 5. The Morgan fingerprint density at radius 3 is 2.37 bits per heavy atom. The van der Waals surface area contributed by atoms with Crippen LogP contribution < -0.4 is 0 Å². The number of aliphatic carboxylic acids is 1. The summed E-state index contributed by atoms with van der Waals surface area (Å²) in [7, 11) is 0. The number of aliphatic hydroxyl groups is 1. The zero-order chi connectivity index (χ0) is 22.0. The molecule has 0 bridgehead atoms. The van der Waals surface area contributed by atoms with Gasteiger partial charge in [0.05, 0.1) is 0 Å². The Morgan fingerprint density at radius 2 is 1.73 bits per heavy atom. The summed E-state index contributed by atoms with van der Waals surface area (Å²) < 4.78 is 0. The van der Waals surface area contributed by atoms with Crippen LogP contribution in [0.25, 0.3) is 0 Å². The molecule has 170 valence electrons. The summed E-state index contributed by atoms with van der Waals surface area (Å²) >= 11 is 0. The average Bonchev–Trinajstić information content (AvgIpc) is 2.68. The van der Waals surface area contributed by atoms with E-state index >= 15 is 0 Å². The standard InChI is InChI=1S/C25H40O5/c1-20(13-9-6-4-5-7-10-14-22-15-11-8-12-16-22)17-24(3)18-21(2)25(28,30-29-24)19-23(26)27/h8,11-12,15-16,20-21,28H,4-7,9-10,13-14,17-19H2,1-3H3,(H,26,27). The SMILES string of the molecule is CC(CCCCCCCCc1ccccc1)CC1(C)CC(C)C(O)(CC(=O)O)OO1. The van der Waals surface area contributed by atoms with Crippen LogP contribution in [0.3, 0.4) is 0 Å². The van der Waals surface area contributed by atoms with Gasteiger partial charge in [0.1, 0.15) is 12.0 Å². The molecular weight excluding hydrogens is 380 g/mol. The molecule has 1 aliphatic heterocycles. The van der Waals surface area contributed by atoms with Crippen LogP contribution in [0, 0.1) is 11.8 Å². The van der Waals surface area contributed by atoms with Crippen LogP contribution in [0.4, 0.5) is 0 Å². The maximum Gasteiger partial charge on any atom is 0.308 e. The highest BCUT2D eigenvalue weighted by molar-refractivity contribution is 5.67. The smallest absolute Gasteiger partial charge is 0.308 e. The fourth-order valence-corrected chi connectivity index (χ4v) is 4.65. The minimum Gasteiger partial charge on any atom is -0.481 e. The van der Waals surface area contributed by atoms with Gasteiger partial charge in [-0.05, 0) is 44.1 Å². The van der Waals surface area contributed by atoms with Gasteiger partial charge >= 0.3 is 5.97 Å². The Balaban J connectivity index is 1.56. The molecule has 1 fully saturated rings. The zero-order valence-corrected chi connectivity index (χ0v) is 18.9. The summed E-state index contributed by atoms with van der Waals surface area (Å²) in [5, 5.41) is 19.3. The summed E-state index contributed by atoms with van der Waals surface area (Å²) in [5.74, 6) is -2.63. The van der Waals surface area contributed by atoms with E-state index in [9.17, 15) is 9.90 Å². The topological polar surface area (TPSA) is 76.0 Å². The maximum atomic E-state index is 11.0. The Bertz CT molecular complexity index is 634. The number of carboxylic acid groups (broad SMARTS) is 1. The van der Waals surface area contributed by atoms with E-state index in [1.54, 1.807) is 0 Å². The van der Waals surface area contributed by atoms with E-state index in [4.69, 9.17) is 14.9 Å². The van der Waals surface area contributed by atoms with Crippen LogP contribution in [0.5, 0.6) is 0 Å². The van der Waals surface area contributed by atoms with Gasteiger partial charge in [0.15, 0.2) is 0 Å². The molecule has 0 aliphatic carbocycles. The Kier molecular flexibility index (Phi) is 9.79. The van der Waals surface area contributed by atoms with E-state index < -0.39 is 23.8 Å². The molecule has 0 saturated carbocycles. The van der Waals surface area contributed by atoms with Gasteiger partial charge < -0.3 is 10.2 Å². The molecule has 1 saturated heterocycles. The van der Waals surface area contributed by atoms with Gasteiger partial charge in [0, 0.05) is 5.92 Å². The largest absolute Gasteiger partial charge is 0.481 e. The highest BCUT2D eigenvalue weighted by Gasteiger charge is 2.49. The van der Waals surface area contributed by atoms with Crippen molar-refractivity contribution in [3.05, 3.63) is 35.9 Å². The number of benzene rings is 1. The lowest BCUT2D eigenvalue weighted by Crippen LogP contribution is -2.52. The Morgan fingerprint density at radius 1 is 1.10 bits per heavy atom. The van der Waals surface area contributed by atoms with E-state index in [1.807, 2.05) is 13.8 Å². The quantitative estimate of drug-likeness (QED) is 0.307. The average molecular weight is 421 g/mol. The second-order valence-corrected chi connectivity index (χ2v) is 9.59. The van der Waals surface area contributed by atoms with Crippen molar-refractivity contribution in [1.82, 2.24) is 0 Å². The van der Waals surface area contributed by atoms with E-state index in [1.165, 1.54) is 50.5 Å². The van der Waals surface area contributed by atoms with Crippen molar-refractivity contribution < 1.29 is 24.8 Å². The molecular formula is C25H40O5. The summed E-state index contributed by atoms with van der Waals surface area (Å²) in [5.41, 5.74) is 0.950. The molecule has 0 amide bonds. The molecule has 0 aromatic heterocycles. The molecule has 2 rings (SSSR count). The Hall–Kier alpha value is -1.43. The molecule has 1 heterocycles. The highest BCUT2D eigenvalue weighted by atomic mass is 17.2. The highest BCUT2D eigenvalue weighted by Crippen LogP contribution is 2.41. The van der Waals surface area contributed by atoms with E-state index in [-0.39, 0.29) is 5.92 Å². The fraction of sp³-hybridized carbons (Fsp3) is 0.720. The van der Waals surface area contributed by atoms with Crippen LogP contribution in [0.2, 0.25) is 0 Å². The van der Waals surface area contributed by atoms with Crippen molar-refractivity contribution in [3.63, 3.8) is 0 Å². The molecule has 1 aromatic carbocycles. The van der Waals surface area contributed by atoms with Crippen molar-refractivity contribution in [2.75, 3.05) is 0 Å². The lowest BCUT2D eigenvalue weighted by atomic mass is 9.79. The number of aryl methyl sites for hydroxylation is 1. The fourth-order valence-electron chi connectivity index (χ4n) is 4.65. The third kappa shape index (κ3) is 8.37. The summed E-state index contributed by atoms with van der Waals surface area (Å²) in [6.07, 6.45) is 10.9. The van der Waals surface area contributed by atoms with Crippen molar-refractivity contribution in [2.45, 2.75) is 103 Å². The van der Waals surface area contributed by atoms with E-state index in [2.05, 4.69) is 37.3 Å². The van der Waals surface area contributed by atoms with Crippen molar-refractivity contribution in [2.24, 2.45) is 11.8 Å². The predicted octanol–water partition coefficient (Wildman–Crippen LogP) is 5.90. The van der Waals surface area contributed by atoms with Crippen molar-refractivity contribution in [1.29, 1.82) is 0 Å². The lowest BCUT2D eigenvalue weighted by molar-refractivity contribution is -0.497. The van der Waals surface area contributed by atoms with E-state index in [0.717, 1.165) is 12.8 Å². The second kappa shape index (κ2) is 11.8. The minimum absolute atomic E-state index is 0.296. The third-order valence-electron chi connectivity index (χ3n) is 6.34. The summed E-state index contributed by atoms with van der Waals surface area (Å²) in [4.78, 5) is 21.7. The molecule has 5 nitrogen and oxygen atoms in total. The van der Waals surface area contributed by atoms with Crippen molar-refractivity contribution in [3.8, 4) is 0 Å². The first-order chi connectivity index (χ1) is 14.2. The van der Waals surface area contributed by atoms with Crippen LogP contribution >= 0.6 is 0 Å². The number of hydrogen-bond acceptors (Lipinski definition) is 4. The molecule has 30 heavy (non-hydrogen) atoms. The maximum absolute atomic E-state index is 11.0. The number of carboxylic acids is 1. The summed E-state index contributed by atoms with van der Waals surface area (Å²) in [6.45, 7) is 6.05. The first kappa shape index (κ1) is 24.8.